The maximum atomic E-state index is 12.8. The molecule has 0 bridgehead atoms. The Bertz CT molecular complexity index is 1570. The number of halogens is 1. The van der Waals surface area contributed by atoms with Crippen LogP contribution in [-0.2, 0) is 7.05 Å². The number of hydrogen-bond donors (Lipinski definition) is 0. The molecule has 1 aliphatic heterocycles. The molecule has 6 nitrogen and oxygen atoms in total. The largest absolute Gasteiger partial charge is 0.454 e. The van der Waals surface area contributed by atoms with Crippen molar-refractivity contribution in [2.75, 3.05) is 6.79 Å². The summed E-state index contributed by atoms with van der Waals surface area (Å²) >= 11 is 6.16. The standard InChI is InChI=1S/C27H20ClN3O3/c1-30-23-8-4-19(27(31-11-10-29-15-31)17-2-6-20(28)7-3-17)12-22(23)21(14-26(30)32)18-5-9-24-25(13-18)34-16-33-24/h2-15,27H,16H2,1H3. The number of hydrogen-bond acceptors (Lipinski definition) is 4. The average molecular weight is 470 g/mol. The first-order chi connectivity index (χ1) is 16.6. The third-order valence-electron chi connectivity index (χ3n) is 6.28. The molecule has 0 spiro atoms. The van der Waals surface area contributed by atoms with Crippen LogP contribution in [0.2, 0.25) is 5.02 Å². The average Bonchev–Trinajstić information content (AvgIpc) is 3.55. The minimum atomic E-state index is -0.106. The number of benzene rings is 3. The molecule has 0 saturated carbocycles. The normalized spacial score (nSPS) is 13.4. The van der Waals surface area contributed by atoms with Crippen LogP contribution in [0, 0.1) is 0 Å². The molecule has 0 fully saturated rings. The molecule has 6 rings (SSSR count). The topological polar surface area (TPSA) is 58.3 Å². The van der Waals surface area contributed by atoms with Crippen LogP contribution in [0.25, 0.3) is 22.0 Å². The summed E-state index contributed by atoms with van der Waals surface area (Å²) < 4.78 is 14.8. The van der Waals surface area contributed by atoms with Crippen LogP contribution in [0.15, 0.2) is 90.2 Å². The second-order valence-electron chi connectivity index (χ2n) is 8.26. The molecule has 0 amide bonds. The summed E-state index contributed by atoms with van der Waals surface area (Å²) in [5.74, 6) is 1.39. The monoisotopic (exact) mass is 469 g/mol. The van der Waals surface area contributed by atoms with Crippen molar-refractivity contribution in [1.82, 2.24) is 14.1 Å². The van der Waals surface area contributed by atoms with E-state index < -0.39 is 0 Å². The summed E-state index contributed by atoms with van der Waals surface area (Å²) in [5.41, 5.74) is 4.67. The summed E-state index contributed by atoms with van der Waals surface area (Å²) in [6.07, 6.45) is 5.53. The van der Waals surface area contributed by atoms with Gasteiger partial charge in [0.05, 0.1) is 17.9 Å². The maximum Gasteiger partial charge on any atom is 0.251 e. The molecular formula is C27H20ClN3O3. The number of fused-ring (bicyclic) bond motifs is 2. The Kier molecular flexibility index (Phi) is 4.89. The van der Waals surface area contributed by atoms with Gasteiger partial charge in [0.25, 0.3) is 5.56 Å². The fourth-order valence-electron chi connectivity index (χ4n) is 4.56. The quantitative estimate of drug-likeness (QED) is 0.352. The maximum absolute atomic E-state index is 12.8. The molecule has 1 atom stereocenters. The van der Waals surface area contributed by atoms with Crippen molar-refractivity contribution in [3.63, 3.8) is 0 Å². The van der Waals surface area contributed by atoms with Crippen molar-refractivity contribution in [3.05, 3.63) is 112 Å². The second-order valence-corrected chi connectivity index (χ2v) is 8.70. The SMILES string of the molecule is Cn1c(=O)cc(-c2ccc3c(c2)OCO3)c2cc(C(c3ccc(Cl)cc3)n3ccnc3)ccc21. The third kappa shape index (κ3) is 3.43. The lowest BCUT2D eigenvalue weighted by Gasteiger charge is -2.21. The van der Waals surface area contributed by atoms with Crippen molar-refractivity contribution < 1.29 is 9.47 Å². The van der Waals surface area contributed by atoms with Crippen molar-refractivity contribution in [3.8, 4) is 22.6 Å². The van der Waals surface area contributed by atoms with Gasteiger partial charge in [-0.05, 0) is 58.7 Å². The summed E-state index contributed by atoms with van der Waals surface area (Å²) in [4.78, 5) is 17.1. The fourth-order valence-corrected chi connectivity index (χ4v) is 4.68. The highest BCUT2D eigenvalue weighted by Crippen LogP contribution is 2.38. The van der Waals surface area contributed by atoms with E-state index in [-0.39, 0.29) is 18.4 Å². The van der Waals surface area contributed by atoms with Gasteiger partial charge in [-0.3, -0.25) is 4.79 Å². The van der Waals surface area contributed by atoms with E-state index in [4.69, 9.17) is 21.1 Å². The van der Waals surface area contributed by atoms with Gasteiger partial charge in [0.2, 0.25) is 6.79 Å². The zero-order valence-corrected chi connectivity index (χ0v) is 19.1. The van der Waals surface area contributed by atoms with Crippen LogP contribution >= 0.6 is 11.6 Å². The van der Waals surface area contributed by atoms with Crippen molar-refractivity contribution >= 4 is 22.5 Å². The van der Waals surface area contributed by atoms with Crippen LogP contribution in [0.4, 0.5) is 0 Å². The summed E-state index contributed by atoms with van der Waals surface area (Å²) in [5, 5.41) is 1.66. The minimum Gasteiger partial charge on any atom is -0.454 e. The van der Waals surface area contributed by atoms with Crippen molar-refractivity contribution in [2.24, 2.45) is 7.05 Å². The van der Waals surface area contributed by atoms with Gasteiger partial charge in [0.1, 0.15) is 0 Å². The number of imidazole rings is 1. The van der Waals surface area contributed by atoms with Gasteiger partial charge < -0.3 is 18.6 Å². The summed E-state index contributed by atoms with van der Waals surface area (Å²) in [7, 11) is 1.79. The fraction of sp³-hybridized carbons (Fsp3) is 0.111. The van der Waals surface area contributed by atoms with E-state index >= 15 is 0 Å². The van der Waals surface area contributed by atoms with Gasteiger partial charge >= 0.3 is 0 Å². The molecule has 0 radical (unpaired) electrons. The molecule has 0 saturated heterocycles. The molecule has 7 heteroatoms. The third-order valence-corrected chi connectivity index (χ3v) is 6.53. The van der Waals surface area contributed by atoms with Gasteiger partial charge in [-0.2, -0.15) is 0 Å². The predicted octanol–water partition coefficient (Wildman–Crippen LogP) is 5.42. The Morgan fingerprint density at radius 1 is 0.941 bits per heavy atom. The van der Waals surface area contributed by atoms with E-state index in [1.807, 2.05) is 61.1 Å². The Morgan fingerprint density at radius 2 is 1.74 bits per heavy atom. The molecule has 3 aromatic carbocycles. The van der Waals surface area contributed by atoms with E-state index in [0.717, 1.165) is 33.2 Å². The van der Waals surface area contributed by atoms with Gasteiger partial charge in [0.15, 0.2) is 11.5 Å². The Balaban J connectivity index is 1.58. The first-order valence-electron chi connectivity index (χ1n) is 10.8. The Hall–Kier alpha value is -4.03. The summed E-state index contributed by atoms with van der Waals surface area (Å²) in [6, 6.07) is 21.4. The highest BCUT2D eigenvalue weighted by molar-refractivity contribution is 6.30. The second kappa shape index (κ2) is 8.08. The van der Waals surface area contributed by atoms with Crippen LogP contribution in [0.3, 0.4) is 0 Å². The Labute approximate surface area is 200 Å². The number of aryl methyl sites for hydroxylation is 1. The summed E-state index contributed by atoms with van der Waals surface area (Å²) in [6.45, 7) is 0.202. The lowest BCUT2D eigenvalue weighted by atomic mass is 9.94. The number of nitrogens with zero attached hydrogens (tertiary/aromatic N) is 3. The minimum absolute atomic E-state index is 0.0724. The highest BCUT2D eigenvalue weighted by Gasteiger charge is 2.20. The smallest absolute Gasteiger partial charge is 0.251 e. The molecule has 34 heavy (non-hydrogen) atoms. The molecule has 2 aromatic heterocycles. The van der Waals surface area contributed by atoms with Crippen LogP contribution in [0.1, 0.15) is 17.2 Å². The van der Waals surface area contributed by atoms with Gasteiger partial charge in [-0.15, -0.1) is 0 Å². The van der Waals surface area contributed by atoms with Gasteiger partial charge in [0, 0.05) is 35.9 Å². The van der Waals surface area contributed by atoms with E-state index in [2.05, 4.69) is 21.7 Å². The molecule has 0 aliphatic carbocycles. The van der Waals surface area contributed by atoms with Crippen LogP contribution < -0.4 is 15.0 Å². The lowest BCUT2D eigenvalue weighted by molar-refractivity contribution is 0.174. The van der Waals surface area contributed by atoms with E-state index in [0.29, 0.717) is 16.5 Å². The number of aromatic nitrogens is 3. The zero-order valence-electron chi connectivity index (χ0n) is 18.3. The molecule has 5 aromatic rings. The van der Waals surface area contributed by atoms with Crippen molar-refractivity contribution in [2.45, 2.75) is 6.04 Å². The molecule has 1 aliphatic rings. The first kappa shape index (κ1) is 20.6. The highest BCUT2D eigenvalue weighted by atomic mass is 35.5. The Morgan fingerprint density at radius 3 is 2.53 bits per heavy atom. The van der Waals surface area contributed by atoms with Crippen molar-refractivity contribution in [1.29, 1.82) is 0 Å². The van der Waals surface area contributed by atoms with Crippen LogP contribution in [-0.4, -0.2) is 20.9 Å². The molecule has 0 N–H and O–H groups in total. The molecule has 1 unspecified atom stereocenters. The lowest BCUT2D eigenvalue weighted by Crippen LogP contribution is -2.17. The van der Waals surface area contributed by atoms with E-state index in [1.54, 1.807) is 23.9 Å². The van der Waals surface area contributed by atoms with E-state index in [9.17, 15) is 4.79 Å². The van der Waals surface area contributed by atoms with E-state index in [1.165, 1.54) is 0 Å². The first-order valence-corrected chi connectivity index (χ1v) is 11.2. The molecule has 168 valence electrons. The van der Waals surface area contributed by atoms with Gasteiger partial charge in [-0.1, -0.05) is 35.9 Å². The predicted molar refractivity (Wildman–Crippen MR) is 132 cm³/mol. The van der Waals surface area contributed by atoms with Gasteiger partial charge in [-0.25, -0.2) is 4.98 Å². The number of ether oxygens (including phenoxy) is 2. The zero-order chi connectivity index (χ0) is 23.2. The number of pyridine rings is 1. The van der Waals surface area contributed by atoms with Crippen LogP contribution in [0.5, 0.6) is 11.5 Å². The molecule has 3 heterocycles. The number of rotatable bonds is 4. The molecular weight excluding hydrogens is 450 g/mol.